The van der Waals surface area contributed by atoms with E-state index in [9.17, 15) is 4.79 Å². The van der Waals surface area contributed by atoms with Gasteiger partial charge in [0.25, 0.3) is 5.91 Å². The van der Waals surface area contributed by atoms with Crippen LogP contribution in [0, 0.1) is 0 Å². The largest absolute Gasteiger partial charge is 0.387 e. The van der Waals surface area contributed by atoms with E-state index < -0.39 is 5.91 Å². The van der Waals surface area contributed by atoms with Gasteiger partial charge >= 0.3 is 0 Å². The summed E-state index contributed by atoms with van der Waals surface area (Å²) in [7, 11) is 0. The molecule has 0 spiro atoms. The molecule has 2 aromatic carbocycles. The Balaban J connectivity index is 1.80. The van der Waals surface area contributed by atoms with Crippen molar-refractivity contribution in [1.29, 1.82) is 0 Å². The van der Waals surface area contributed by atoms with E-state index in [0.29, 0.717) is 12.1 Å². The molecule has 0 fully saturated rings. The molecule has 0 saturated heterocycles. The van der Waals surface area contributed by atoms with Crippen molar-refractivity contribution in [2.24, 2.45) is 0 Å². The molecule has 1 heterocycles. The zero-order valence-electron chi connectivity index (χ0n) is 13.4. The molecule has 1 aliphatic rings. The zero-order valence-corrected chi connectivity index (χ0v) is 13.4. The average molecular weight is 323 g/mol. The molecule has 5 heteroatoms. The van der Waals surface area contributed by atoms with Gasteiger partial charge in [-0.05, 0) is 35.2 Å². The van der Waals surface area contributed by atoms with Crippen LogP contribution in [0.2, 0.25) is 0 Å². The van der Waals surface area contributed by atoms with Crippen LogP contribution < -0.4 is 16.1 Å². The van der Waals surface area contributed by atoms with Crippen molar-refractivity contribution >= 4 is 5.91 Å². The summed E-state index contributed by atoms with van der Waals surface area (Å²) in [5, 5.41) is 15.7. The third-order valence-corrected chi connectivity index (χ3v) is 4.05. The van der Waals surface area contributed by atoms with Gasteiger partial charge in [0.2, 0.25) is 0 Å². The molecular weight excluding hydrogens is 302 g/mol. The van der Waals surface area contributed by atoms with Crippen LogP contribution in [-0.4, -0.2) is 24.2 Å². The highest BCUT2D eigenvalue weighted by Crippen LogP contribution is 2.25. The summed E-state index contributed by atoms with van der Waals surface area (Å²) in [6, 6.07) is 15.3. The number of hydrogen-bond acceptors (Lipinski definition) is 4. The number of nitrogens with one attached hydrogen (secondary N) is 3. The zero-order chi connectivity index (χ0) is 16.8. The van der Waals surface area contributed by atoms with E-state index in [4.69, 9.17) is 5.21 Å². The van der Waals surface area contributed by atoms with E-state index in [2.05, 4.69) is 16.7 Å². The van der Waals surface area contributed by atoms with Crippen LogP contribution >= 0.6 is 0 Å². The predicted octanol–water partition coefficient (Wildman–Crippen LogP) is 2.44. The molecule has 0 bridgehead atoms. The fourth-order valence-electron chi connectivity index (χ4n) is 2.84. The first-order chi connectivity index (χ1) is 11.8. The fourth-order valence-corrected chi connectivity index (χ4v) is 2.84. The van der Waals surface area contributed by atoms with Crippen LogP contribution in [-0.2, 0) is 6.54 Å². The van der Waals surface area contributed by atoms with Crippen molar-refractivity contribution in [3.8, 4) is 11.1 Å². The lowest BCUT2D eigenvalue weighted by Crippen LogP contribution is -2.23. The van der Waals surface area contributed by atoms with Gasteiger partial charge in [0, 0.05) is 30.9 Å². The molecule has 1 aliphatic heterocycles. The van der Waals surface area contributed by atoms with E-state index in [1.54, 1.807) is 11.5 Å². The van der Waals surface area contributed by atoms with Crippen molar-refractivity contribution < 1.29 is 10.0 Å². The maximum absolute atomic E-state index is 11.9. The minimum atomic E-state index is -0.506. The molecule has 1 amide bonds. The van der Waals surface area contributed by atoms with Crippen molar-refractivity contribution in [3.63, 3.8) is 0 Å². The molecule has 3 rings (SSSR count). The summed E-state index contributed by atoms with van der Waals surface area (Å²) >= 11 is 0. The lowest BCUT2D eigenvalue weighted by molar-refractivity contribution is 0.0707. The van der Waals surface area contributed by atoms with Crippen LogP contribution in [0.25, 0.3) is 11.1 Å². The number of amides is 1. The Kier molecular flexibility index (Phi) is 5.25. The van der Waals surface area contributed by atoms with E-state index in [1.807, 2.05) is 42.5 Å². The fraction of sp³-hybridized carbons (Fsp3) is 0.211. The summed E-state index contributed by atoms with van der Waals surface area (Å²) < 4.78 is 0. The second-order valence-corrected chi connectivity index (χ2v) is 5.74. The van der Waals surface area contributed by atoms with E-state index in [-0.39, 0.29) is 0 Å². The van der Waals surface area contributed by atoms with Gasteiger partial charge < -0.3 is 10.6 Å². The van der Waals surface area contributed by atoms with Crippen LogP contribution in [0.5, 0.6) is 0 Å². The van der Waals surface area contributed by atoms with E-state index in [0.717, 1.165) is 36.2 Å². The van der Waals surface area contributed by atoms with E-state index >= 15 is 0 Å². The lowest BCUT2D eigenvalue weighted by atomic mass is 9.97. The highest BCUT2D eigenvalue weighted by molar-refractivity contribution is 6.00. The molecular formula is C19H21N3O2. The topological polar surface area (TPSA) is 73.4 Å². The number of hydrogen-bond donors (Lipinski definition) is 4. The van der Waals surface area contributed by atoms with Crippen LogP contribution in [0.4, 0.5) is 0 Å². The number of benzene rings is 2. The van der Waals surface area contributed by atoms with Gasteiger partial charge in [0.05, 0.1) is 0 Å². The van der Waals surface area contributed by atoms with Crippen molar-refractivity contribution in [2.75, 3.05) is 13.1 Å². The summed E-state index contributed by atoms with van der Waals surface area (Å²) in [5.74, 6) is -0.506. The summed E-state index contributed by atoms with van der Waals surface area (Å²) in [4.78, 5) is 11.9. The third-order valence-electron chi connectivity index (χ3n) is 4.05. The SMILES string of the molecule is O=C(NO)c1ccc(CNCC2=CCCN2)cc1-c1ccccc1. The first-order valence-corrected chi connectivity index (χ1v) is 8.04. The number of carbonyl (C=O) groups excluding carboxylic acids is 1. The van der Waals surface area contributed by atoms with Crippen LogP contribution in [0.1, 0.15) is 22.3 Å². The first-order valence-electron chi connectivity index (χ1n) is 8.04. The van der Waals surface area contributed by atoms with Gasteiger partial charge in [-0.3, -0.25) is 10.0 Å². The standard InChI is InChI=1S/C19H21N3O2/c23-19(22-24)17-9-8-14(12-20-13-16-7-4-10-21-16)11-18(17)15-5-2-1-3-6-15/h1-3,5-9,11,20-21,24H,4,10,12-13H2,(H,22,23). The molecule has 2 aromatic rings. The van der Waals surface area contributed by atoms with Gasteiger partial charge in [-0.25, -0.2) is 5.48 Å². The summed E-state index contributed by atoms with van der Waals surface area (Å²) in [6.45, 7) is 2.53. The summed E-state index contributed by atoms with van der Waals surface area (Å²) in [6.07, 6.45) is 3.29. The quantitative estimate of drug-likeness (QED) is 0.487. The van der Waals surface area contributed by atoms with Crippen molar-refractivity contribution in [2.45, 2.75) is 13.0 Å². The minimum absolute atomic E-state index is 0.451. The van der Waals surface area contributed by atoms with Crippen molar-refractivity contribution in [3.05, 3.63) is 71.4 Å². The molecule has 0 unspecified atom stereocenters. The van der Waals surface area contributed by atoms with Gasteiger partial charge in [0.1, 0.15) is 0 Å². The highest BCUT2D eigenvalue weighted by Gasteiger charge is 2.13. The molecule has 0 aromatic heterocycles. The highest BCUT2D eigenvalue weighted by atomic mass is 16.5. The second-order valence-electron chi connectivity index (χ2n) is 5.74. The molecule has 24 heavy (non-hydrogen) atoms. The maximum Gasteiger partial charge on any atom is 0.275 e. The number of rotatable bonds is 6. The van der Waals surface area contributed by atoms with E-state index in [1.165, 1.54) is 5.70 Å². The Hall–Kier alpha value is -2.63. The summed E-state index contributed by atoms with van der Waals surface area (Å²) in [5.41, 5.74) is 6.24. The van der Waals surface area contributed by atoms with Crippen LogP contribution in [0.3, 0.4) is 0 Å². The maximum atomic E-state index is 11.9. The van der Waals surface area contributed by atoms with Gasteiger partial charge in [-0.2, -0.15) is 0 Å². The average Bonchev–Trinajstić information content (AvgIpc) is 3.15. The third kappa shape index (κ3) is 3.82. The normalized spacial score (nSPS) is 13.3. The number of carbonyl (C=O) groups is 1. The molecule has 4 N–H and O–H groups in total. The lowest BCUT2D eigenvalue weighted by Gasteiger charge is -2.12. The Morgan fingerprint density at radius 1 is 1.12 bits per heavy atom. The Labute approximate surface area is 141 Å². The number of hydroxylamine groups is 1. The van der Waals surface area contributed by atoms with Gasteiger partial charge in [-0.1, -0.05) is 42.5 Å². The second kappa shape index (κ2) is 7.77. The molecule has 5 nitrogen and oxygen atoms in total. The smallest absolute Gasteiger partial charge is 0.275 e. The predicted molar refractivity (Wildman–Crippen MR) is 93.5 cm³/mol. The Bertz CT molecular complexity index is 742. The monoisotopic (exact) mass is 323 g/mol. The Morgan fingerprint density at radius 2 is 1.96 bits per heavy atom. The van der Waals surface area contributed by atoms with Gasteiger partial charge in [-0.15, -0.1) is 0 Å². The molecule has 124 valence electrons. The first kappa shape index (κ1) is 16.2. The Morgan fingerprint density at radius 3 is 2.67 bits per heavy atom. The molecule has 0 atom stereocenters. The molecule has 0 saturated carbocycles. The van der Waals surface area contributed by atoms with Gasteiger partial charge in [0.15, 0.2) is 0 Å². The molecule has 0 aliphatic carbocycles. The van der Waals surface area contributed by atoms with Crippen molar-refractivity contribution in [1.82, 2.24) is 16.1 Å². The minimum Gasteiger partial charge on any atom is -0.387 e. The molecule has 0 radical (unpaired) electrons. The van der Waals surface area contributed by atoms with Crippen LogP contribution in [0.15, 0.2) is 60.3 Å².